The summed E-state index contributed by atoms with van der Waals surface area (Å²) in [6.07, 6.45) is 1.47. The fourth-order valence-corrected chi connectivity index (χ4v) is 3.75. The van der Waals surface area contributed by atoms with Crippen molar-refractivity contribution in [3.8, 4) is 23.6 Å². The van der Waals surface area contributed by atoms with Crippen LogP contribution in [0.1, 0.15) is 16.7 Å². The fraction of sp³-hybridized carbons (Fsp3) is 0.0800. The van der Waals surface area contributed by atoms with Gasteiger partial charge >= 0.3 is 0 Å². The predicted octanol–water partition coefficient (Wildman–Crippen LogP) is 6.22. The highest BCUT2D eigenvalue weighted by Gasteiger charge is 2.15. The highest BCUT2D eigenvalue weighted by Crippen LogP contribution is 2.38. The van der Waals surface area contributed by atoms with Crippen LogP contribution in [-0.4, -0.2) is 13.0 Å². The summed E-state index contributed by atoms with van der Waals surface area (Å²) in [5, 5.41) is 21.5. The Bertz CT molecular complexity index is 1290. The quantitative estimate of drug-likeness (QED) is 0.271. The van der Waals surface area contributed by atoms with Gasteiger partial charge in [-0.25, -0.2) is 0 Å². The van der Waals surface area contributed by atoms with Gasteiger partial charge in [-0.05, 0) is 70.0 Å². The number of halogens is 2. The molecule has 0 aromatic heterocycles. The van der Waals surface area contributed by atoms with Crippen LogP contribution in [0, 0.1) is 22.7 Å². The maximum atomic E-state index is 12.6. The molecule has 0 saturated heterocycles. The molecule has 33 heavy (non-hydrogen) atoms. The van der Waals surface area contributed by atoms with Gasteiger partial charge in [0.05, 0.1) is 23.2 Å². The lowest BCUT2D eigenvalue weighted by molar-refractivity contribution is -0.112. The van der Waals surface area contributed by atoms with Gasteiger partial charge in [-0.2, -0.15) is 10.5 Å². The van der Waals surface area contributed by atoms with Crippen molar-refractivity contribution < 1.29 is 14.3 Å². The summed E-state index contributed by atoms with van der Waals surface area (Å²) in [5.41, 5.74) is 2.36. The van der Waals surface area contributed by atoms with Crippen LogP contribution in [0.2, 0.25) is 0 Å². The molecule has 0 radical (unpaired) electrons. The number of benzene rings is 3. The van der Waals surface area contributed by atoms with Crippen molar-refractivity contribution in [3.63, 3.8) is 0 Å². The van der Waals surface area contributed by atoms with Crippen molar-refractivity contribution in [1.82, 2.24) is 0 Å². The van der Waals surface area contributed by atoms with Crippen molar-refractivity contribution >= 4 is 49.5 Å². The van der Waals surface area contributed by atoms with Gasteiger partial charge in [0, 0.05) is 15.7 Å². The molecule has 3 aromatic rings. The van der Waals surface area contributed by atoms with Gasteiger partial charge in [0.25, 0.3) is 5.91 Å². The number of methoxy groups -OCH3 is 1. The lowest BCUT2D eigenvalue weighted by Gasteiger charge is -2.14. The van der Waals surface area contributed by atoms with Crippen LogP contribution in [-0.2, 0) is 11.4 Å². The molecule has 3 rings (SSSR count). The lowest BCUT2D eigenvalue weighted by atomic mass is 10.1. The molecule has 0 unspecified atom stereocenters. The fourth-order valence-electron chi connectivity index (χ4n) is 2.92. The Labute approximate surface area is 208 Å². The van der Waals surface area contributed by atoms with Crippen LogP contribution < -0.4 is 14.8 Å². The van der Waals surface area contributed by atoms with E-state index in [0.29, 0.717) is 32.8 Å². The minimum Gasteiger partial charge on any atom is -0.493 e. The van der Waals surface area contributed by atoms with Crippen molar-refractivity contribution in [2.45, 2.75) is 6.61 Å². The van der Waals surface area contributed by atoms with Gasteiger partial charge in [-0.1, -0.05) is 34.1 Å². The average Bonchev–Trinajstić information content (AvgIpc) is 2.83. The number of hydrogen-bond donors (Lipinski definition) is 1. The van der Waals surface area contributed by atoms with E-state index in [1.807, 2.05) is 18.2 Å². The smallest absolute Gasteiger partial charge is 0.266 e. The largest absolute Gasteiger partial charge is 0.493 e. The Hall–Kier alpha value is -3.59. The Morgan fingerprint density at radius 1 is 1.09 bits per heavy atom. The molecule has 0 aliphatic rings. The van der Waals surface area contributed by atoms with E-state index in [4.69, 9.17) is 9.47 Å². The summed E-state index contributed by atoms with van der Waals surface area (Å²) >= 11 is 6.81. The van der Waals surface area contributed by atoms with Crippen LogP contribution in [0.5, 0.6) is 11.5 Å². The van der Waals surface area contributed by atoms with Crippen molar-refractivity contribution in [3.05, 3.63) is 91.9 Å². The summed E-state index contributed by atoms with van der Waals surface area (Å²) in [5.74, 6) is 0.333. The summed E-state index contributed by atoms with van der Waals surface area (Å²) < 4.78 is 12.8. The first-order valence-corrected chi connectivity index (χ1v) is 11.2. The molecule has 0 aliphatic heterocycles. The molecule has 1 amide bonds. The van der Waals surface area contributed by atoms with Crippen LogP contribution in [0.4, 0.5) is 5.69 Å². The van der Waals surface area contributed by atoms with E-state index in [2.05, 4.69) is 43.2 Å². The van der Waals surface area contributed by atoms with Crippen LogP contribution in [0.15, 0.2) is 75.2 Å². The van der Waals surface area contributed by atoms with Gasteiger partial charge in [0.1, 0.15) is 18.2 Å². The molecule has 0 saturated carbocycles. The van der Waals surface area contributed by atoms with E-state index in [-0.39, 0.29) is 12.2 Å². The Morgan fingerprint density at radius 2 is 1.82 bits per heavy atom. The number of hydrogen-bond acceptors (Lipinski definition) is 5. The van der Waals surface area contributed by atoms with Gasteiger partial charge in [0.15, 0.2) is 11.5 Å². The third kappa shape index (κ3) is 6.23. The number of nitrogens with zero attached hydrogens (tertiary/aromatic N) is 2. The van der Waals surface area contributed by atoms with Gasteiger partial charge in [0.2, 0.25) is 0 Å². The third-order valence-corrected chi connectivity index (χ3v) is 5.66. The molecule has 3 aromatic carbocycles. The molecule has 0 bridgehead atoms. The normalized spacial score (nSPS) is 10.6. The second kappa shape index (κ2) is 11.3. The zero-order valence-corrected chi connectivity index (χ0v) is 20.6. The second-order valence-electron chi connectivity index (χ2n) is 6.72. The molecule has 0 atom stereocenters. The predicted molar refractivity (Wildman–Crippen MR) is 133 cm³/mol. The number of amides is 1. The van der Waals surface area contributed by atoms with Crippen LogP contribution in [0.3, 0.4) is 0 Å². The first-order valence-electron chi connectivity index (χ1n) is 9.62. The van der Waals surface area contributed by atoms with Crippen molar-refractivity contribution in [2.75, 3.05) is 12.4 Å². The number of carbonyl (C=O) groups is 1. The molecule has 0 fully saturated rings. The SMILES string of the molecule is COc1cc(/C=C(/C#N)C(=O)Nc2ccc(Br)cc2)cc(Br)c1OCc1ccccc1C#N. The standard InChI is InChI=1S/C25H17Br2N3O3/c1-32-23-12-16(10-19(14-29)25(31)30-21-8-6-20(26)7-9-21)11-22(27)24(23)33-15-18-5-3-2-4-17(18)13-28/h2-12H,15H2,1H3,(H,30,31)/b19-10-. The molecule has 0 heterocycles. The van der Waals surface area contributed by atoms with Gasteiger partial charge in [-0.3, -0.25) is 4.79 Å². The highest BCUT2D eigenvalue weighted by atomic mass is 79.9. The number of anilines is 1. The molecular weight excluding hydrogens is 550 g/mol. The topological polar surface area (TPSA) is 95.1 Å². The van der Waals surface area contributed by atoms with E-state index in [9.17, 15) is 15.3 Å². The number of ether oxygens (including phenoxy) is 2. The number of carbonyl (C=O) groups excluding carboxylic acids is 1. The van der Waals surface area contributed by atoms with E-state index >= 15 is 0 Å². The first-order chi connectivity index (χ1) is 15.9. The van der Waals surface area contributed by atoms with E-state index < -0.39 is 5.91 Å². The van der Waals surface area contributed by atoms with E-state index in [0.717, 1.165) is 10.0 Å². The second-order valence-corrected chi connectivity index (χ2v) is 8.49. The summed E-state index contributed by atoms with van der Waals surface area (Å²) in [6.45, 7) is 0.174. The molecule has 8 heteroatoms. The van der Waals surface area contributed by atoms with Crippen LogP contribution >= 0.6 is 31.9 Å². The highest BCUT2D eigenvalue weighted by molar-refractivity contribution is 9.10. The van der Waals surface area contributed by atoms with E-state index in [1.54, 1.807) is 48.5 Å². The monoisotopic (exact) mass is 565 g/mol. The minimum atomic E-state index is -0.525. The lowest BCUT2D eigenvalue weighted by Crippen LogP contribution is -2.13. The maximum absolute atomic E-state index is 12.6. The minimum absolute atomic E-state index is 0.0662. The van der Waals surface area contributed by atoms with Gasteiger partial charge < -0.3 is 14.8 Å². The summed E-state index contributed by atoms with van der Waals surface area (Å²) in [7, 11) is 1.50. The van der Waals surface area contributed by atoms with Crippen LogP contribution in [0.25, 0.3) is 6.08 Å². The van der Waals surface area contributed by atoms with E-state index in [1.165, 1.54) is 13.2 Å². The molecular formula is C25H17Br2N3O3. The van der Waals surface area contributed by atoms with Crippen molar-refractivity contribution in [1.29, 1.82) is 10.5 Å². The third-order valence-electron chi connectivity index (χ3n) is 4.54. The molecule has 6 nitrogen and oxygen atoms in total. The maximum Gasteiger partial charge on any atom is 0.266 e. The summed E-state index contributed by atoms with van der Waals surface area (Å²) in [6, 6.07) is 21.7. The first kappa shape index (κ1) is 24.1. The Kier molecular flexibility index (Phi) is 8.26. The number of nitriles is 2. The number of nitrogens with one attached hydrogen (secondary N) is 1. The van der Waals surface area contributed by atoms with Crippen molar-refractivity contribution in [2.24, 2.45) is 0 Å². The van der Waals surface area contributed by atoms with Gasteiger partial charge in [-0.15, -0.1) is 0 Å². The average molecular weight is 567 g/mol. The zero-order chi connectivity index (χ0) is 23.8. The molecule has 164 valence electrons. The molecule has 0 spiro atoms. The molecule has 0 aliphatic carbocycles. The molecule has 1 N–H and O–H groups in total. The zero-order valence-electron chi connectivity index (χ0n) is 17.4. The number of rotatable bonds is 7. The summed E-state index contributed by atoms with van der Waals surface area (Å²) in [4.78, 5) is 12.6. The Balaban J connectivity index is 1.83. The Morgan fingerprint density at radius 3 is 2.48 bits per heavy atom.